The predicted octanol–water partition coefficient (Wildman–Crippen LogP) is 3.54. The Morgan fingerprint density at radius 1 is 1.27 bits per heavy atom. The topological polar surface area (TPSA) is 15.8 Å². The molecule has 0 spiro atoms. The van der Waals surface area contributed by atoms with Crippen LogP contribution in [0.4, 0.5) is 0 Å². The fraction of sp³-hybridized carbons (Fsp3) is 0. The molecule has 1 aromatic carbocycles. The van der Waals surface area contributed by atoms with Crippen LogP contribution in [-0.2, 0) is 0 Å². The van der Waals surface area contributed by atoms with Crippen LogP contribution in [0, 0.1) is 3.70 Å². The van der Waals surface area contributed by atoms with E-state index in [0.29, 0.717) is 0 Å². The smallest absolute Gasteiger partial charge is 0.0782 e. The van der Waals surface area contributed by atoms with Crippen molar-refractivity contribution in [3.05, 3.63) is 32.4 Å². The maximum Gasteiger partial charge on any atom is 0.0782 e. The third-order valence-corrected chi connectivity index (χ3v) is 2.62. The number of fused-ring (bicyclic) bond motifs is 1. The minimum atomic E-state index is 1.13. The number of hydrogen-bond donors (Lipinski definition) is 1. The van der Waals surface area contributed by atoms with Crippen molar-refractivity contribution in [2.24, 2.45) is 0 Å². The van der Waals surface area contributed by atoms with Crippen LogP contribution >= 0.6 is 38.5 Å². The lowest BCUT2D eigenvalue weighted by molar-refractivity contribution is 1.41. The van der Waals surface area contributed by atoms with Crippen LogP contribution in [0.2, 0.25) is 0 Å². The molecule has 2 rings (SSSR count). The fourth-order valence-corrected chi connectivity index (χ4v) is 2.07. The van der Waals surface area contributed by atoms with Crippen molar-refractivity contribution in [2.75, 3.05) is 0 Å². The van der Waals surface area contributed by atoms with Gasteiger partial charge in [0.2, 0.25) is 0 Å². The van der Waals surface area contributed by atoms with Gasteiger partial charge in [0.25, 0.3) is 0 Å². The Morgan fingerprint density at radius 2 is 2.09 bits per heavy atom. The van der Waals surface area contributed by atoms with E-state index in [1.807, 2.05) is 6.07 Å². The Balaban J connectivity index is 2.82. The van der Waals surface area contributed by atoms with Crippen molar-refractivity contribution in [1.29, 1.82) is 0 Å². The summed E-state index contributed by atoms with van der Waals surface area (Å²) < 4.78 is 2.30. The van der Waals surface area contributed by atoms with Gasteiger partial charge in [-0.15, -0.1) is 0 Å². The van der Waals surface area contributed by atoms with Gasteiger partial charge in [-0.3, -0.25) is 0 Å². The molecule has 0 bridgehead atoms. The molecule has 0 aliphatic heterocycles. The number of aromatic amines is 1. The van der Waals surface area contributed by atoms with E-state index in [-0.39, 0.29) is 0 Å². The molecule has 1 N–H and O–H groups in total. The summed E-state index contributed by atoms with van der Waals surface area (Å²) in [5.74, 6) is 0. The maximum absolute atomic E-state index is 3.43. The molecular formula is C8H5BrIN. The number of benzene rings is 1. The van der Waals surface area contributed by atoms with Gasteiger partial charge in [-0.05, 0) is 46.9 Å². The molecule has 0 unspecified atom stereocenters. The van der Waals surface area contributed by atoms with Gasteiger partial charge in [0.05, 0.1) is 3.70 Å². The number of rotatable bonds is 0. The van der Waals surface area contributed by atoms with Gasteiger partial charge in [-0.1, -0.05) is 15.9 Å². The fourth-order valence-electron chi connectivity index (χ4n) is 1.07. The molecule has 2 aromatic rings. The summed E-state index contributed by atoms with van der Waals surface area (Å²) in [6.45, 7) is 0. The summed E-state index contributed by atoms with van der Waals surface area (Å²) >= 11 is 5.70. The normalized spacial score (nSPS) is 10.7. The number of halogens is 2. The van der Waals surface area contributed by atoms with E-state index in [1.54, 1.807) is 0 Å². The van der Waals surface area contributed by atoms with Gasteiger partial charge < -0.3 is 4.98 Å². The minimum Gasteiger partial charge on any atom is -0.350 e. The van der Waals surface area contributed by atoms with Crippen molar-refractivity contribution in [2.45, 2.75) is 0 Å². The largest absolute Gasteiger partial charge is 0.350 e. The highest BCUT2D eigenvalue weighted by Gasteiger charge is 1.96. The van der Waals surface area contributed by atoms with Crippen LogP contribution in [0.15, 0.2) is 28.7 Å². The quantitative estimate of drug-likeness (QED) is 0.714. The highest BCUT2D eigenvalue weighted by molar-refractivity contribution is 14.1. The first-order chi connectivity index (χ1) is 5.25. The Labute approximate surface area is 86.5 Å². The van der Waals surface area contributed by atoms with E-state index in [9.17, 15) is 0 Å². The third-order valence-electron chi connectivity index (χ3n) is 1.55. The highest BCUT2D eigenvalue weighted by Crippen LogP contribution is 2.20. The molecule has 0 amide bonds. The SMILES string of the molecule is Brc1ccc2[nH]c(I)cc2c1. The zero-order valence-electron chi connectivity index (χ0n) is 5.57. The highest BCUT2D eigenvalue weighted by atomic mass is 127. The van der Waals surface area contributed by atoms with Crippen LogP contribution in [0.1, 0.15) is 0 Å². The van der Waals surface area contributed by atoms with Crippen molar-refractivity contribution >= 4 is 49.4 Å². The molecule has 1 heterocycles. The van der Waals surface area contributed by atoms with Crippen molar-refractivity contribution in [3.63, 3.8) is 0 Å². The molecule has 0 fully saturated rings. The second-order valence-electron chi connectivity index (χ2n) is 2.35. The van der Waals surface area contributed by atoms with Crippen LogP contribution < -0.4 is 0 Å². The van der Waals surface area contributed by atoms with Crippen molar-refractivity contribution < 1.29 is 0 Å². The lowest BCUT2D eigenvalue weighted by Crippen LogP contribution is -1.67. The first-order valence-corrected chi connectivity index (χ1v) is 5.07. The zero-order chi connectivity index (χ0) is 7.84. The molecule has 0 saturated carbocycles. The minimum absolute atomic E-state index is 1.13. The average Bonchev–Trinajstić information content (AvgIpc) is 2.27. The van der Waals surface area contributed by atoms with Gasteiger partial charge >= 0.3 is 0 Å². The molecule has 0 atom stereocenters. The van der Waals surface area contributed by atoms with Gasteiger partial charge in [-0.2, -0.15) is 0 Å². The Hall–Kier alpha value is -0.0300. The summed E-state index contributed by atoms with van der Waals surface area (Å²) in [6.07, 6.45) is 0. The first-order valence-electron chi connectivity index (χ1n) is 3.19. The molecule has 56 valence electrons. The number of nitrogens with one attached hydrogen (secondary N) is 1. The monoisotopic (exact) mass is 321 g/mol. The standard InChI is InChI=1S/C8H5BrIN/c9-6-1-2-7-5(3-6)4-8(10)11-7/h1-4,11H. The summed E-state index contributed by atoms with van der Waals surface area (Å²) in [4.78, 5) is 3.25. The van der Waals surface area contributed by atoms with Crippen LogP contribution in [0.5, 0.6) is 0 Å². The van der Waals surface area contributed by atoms with E-state index >= 15 is 0 Å². The van der Waals surface area contributed by atoms with Gasteiger partial charge in [-0.25, -0.2) is 0 Å². The van der Waals surface area contributed by atoms with Gasteiger partial charge in [0, 0.05) is 15.4 Å². The molecule has 0 aliphatic rings. The van der Waals surface area contributed by atoms with Gasteiger partial charge in [0.1, 0.15) is 0 Å². The second-order valence-corrected chi connectivity index (χ2v) is 4.43. The molecule has 0 aliphatic carbocycles. The van der Waals surface area contributed by atoms with E-state index in [1.165, 1.54) is 14.6 Å². The third kappa shape index (κ3) is 1.44. The summed E-state index contributed by atoms with van der Waals surface area (Å²) in [5, 5.41) is 1.25. The molecule has 11 heavy (non-hydrogen) atoms. The van der Waals surface area contributed by atoms with Crippen LogP contribution in [0.25, 0.3) is 10.9 Å². The lowest BCUT2D eigenvalue weighted by Gasteiger charge is -1.88. The van der Waals surface area contributed by atoms with Crippen LogP contribution in [0.3, 0.4) is 0 Å². The number of hydrogen-bond acceptors (Lipinski definition) is 0. The van der Waals surface area contributed by atoms with E-state index in [2.05, 4.69) is 61.7 Å². The van der Waals surface area contributed by atoms with E-state index < -0.39 is 0 Å². The molecule has 1 nitrogen and oxygen atoms in total. The number of aromatic nitrogens is 1. The Bertz CT molecular complexity index is 394. The van der Waals surface area contributed by atoms with E-state index in [4.69, 9.17) is 0 Å². The Morgan fingerprint density at radius 3 is 2.91 bits per heavy atom. The molecule has 0 radical (unpaired) electrons. The Kier molecular flexibility index (Phi) is 1.93. The maximum atomic E-state index is 3.43. The van der Waals surface area contributed by atoms with Gasteiger partial charge in [0.15, 0.2) is 0 Å². The number of H-pyrrole nitrogens is 1. The van der Waals surface area contributed by atoms with Crippen molar-refractivity contribution in [3.8, 4) is 0 Å². The lowest BCUT2D eigenvalue weighted by atomic mass is 10.3. The molecule has 3 heteroatoms. The zero-order valence-corrected chi connectivity index (χ0v) is 9.31. The molecule has 0 saturated heterocycles. The predicted molar refractivity (Wildman–Crippen MR) is 58.7 cm³/mol. The summed E-state index contributed by atoms with van der Waals surface area (Å²) in [5.41, 5.74) is 1.19. The summed E-state index contributed by atoms with van der Waals surface area (Å²) in [7, 11) is 0. The second kappa shape index (κ2) is 2.79. The van der Waals surface area contributed by atoms with Crippen molar-refractivity contribution in [1.82, 2.24) is 4.98 Å². The summed E-state index contributed by atoms with van der Waals surface area (Å²) in [6, 6.07) is 8.34. The molecule has 1 aromatic heterocycles. The van der Waals surface area contributed by atoms with E-state index in [0.717, 1.165) is 4.47 Å². The first kappa shape index (κ1) is 7.61. The molecular weight excluding hydrogens is 317 g/mol. The van der Waals surface area contributed by atoms with Crippen LogP contribution in [-0.4, -0.2) is 4.98 Å². The average molecular weight is 322 g/mol.